The smallest absolute Gasteiger partial charge is 0.229 e. The molecule has 2 heterocycles. The van der Waals surface area contributed by atoms with Crippen LogP contribution in [0.2, 0.25) is 0 Å². The molecule has 0 radical (unpaired) electrons. The average molecular weight is 459 g/mol. The van der Waals surface area contributed by atoms with Gasteiger partial charge in [-0.1, -0.05) is 62.8 Å². The van der Waals surface area contributed by atoms with Crippen molar-refractivity contribution in [3.8, 4) is 11.3 Å². The van der Waals surface area contributed by atoms with E-state index in [9.17, 15) is 4.79 Å². The van der Waals surface area contributed by atoms with E-state index in [1.165, 1.54) is 36.0 Å². The number of carbonyl (C=O) groups excluding carboxylic acids is 1. The third-order valence-electron chi connectivity index (χ3n) is 6.39. The van der Waals surface area contributed by atoms with Crippen molar-refractivity contribution in [1.82, 2.24) is 19.7 Å². The summed E-state index contributed by atoms with van der Waals surface area (Å²) >= 11 is 0. The molecule has 7 heteroatoms. The molecular weight excluding hydrogens is 424 g/mol. The van der Waals surface area contributed by atoms with E-state index in [4.69, 9.17) is 10.5 Å². The maximum atomic E-state index is 11.9. The topological polar surface area (TPSA) is 96.5 Å². The van der Waals surface area contributed by atoms with Gasteiger partial charge in [-0.3, -0.25) is 15.5 Å². The highest BCUT2D eigenvalue weighted by molar-refractivity contribution is 5.88. The third-order valence-corrected chi connectivity index (χ3v) is 6.39. The number of fused-ring (bicyclic) bond motifs is 3. The molecule has 1 amide bonds. The van der Waals surface area contributed by atoms with Gasteiger partial charge in [-0.25, -0.2) is 14.6 Å². The van der Waals surface area contributed by atoms with Gasteiger partial charge >= 0.3 is 0 Å². The number of benzene rings is 1. The number of carbonyl (C=O) groups is 1. The lowest BCUT2D eigenvalue weighted by Gasteiger charge is -2.20. The zero-order chi connectivity index (χ0) is 23.6. The molecule has 0 atom stereocenters. The number of hydrogen-bond donors (Lipinski definition) is 2. The first-order chi connectivity index (χ1) is 16.7. The highest BCUT2D eigenvalue weighted by Gasteiger charge is 2.18. The monoisotopic (exact) mass is 458 g/mol. The van der Waals surface area contributed by atoms with Crippen molar-refractivity contribution in [2.75, 3.05) is 5.32 Å². The first-order valence-electron chi connectivity index (χ1n) is 12.5. The molecule has 0 spiro atoms. The Kier molecular flexibility index (Phi) is 8.54. The number of hydrogen-bond acceptors (Lipinski definition) is 5. The fourth-order valence-electron chi connectivity index (χ4n) is 4.53. The Balaban J connectivity index is 1.09. The van der Waals surface area contributed by atoms with E-state index in [1.54, 1.807) is 18.5 Å². The summed E-state index contributed by atoms with van der Waals surface area (Å²) in [7, 11) is 0. The summed E-state index contributed by atoms with van der Waals surface area (Å²) in [6, 6.07) is 12.2. The van der Waals surface area contributed by atoms with Crippen molar-refractivity contribution in [1.29, 1.82) is 5.41 Å². The van der Waals surface area contributed by atoms with Crippen LogP contribution in [-0.2, 0) is 24.2 Å². The Hall–Kier alpha value is -3.35. The lowest BCUT2D eigenvalue weighted by molar-refractivity contribution is -0.116. The van der Waals surface area contributed by atoms with E-state index >= 15 is 0 Å². The van der Waals surface area contributed by atoms with Gasteiger partial charge < -0.3 is 0 Å². The Bertz CT molecular complexity index is 1140. The molecule has 0 bridgehead atoms. The van der Waals surface area contributed by atoms with E-state index in [1.807, 2.05) is 10.7 Å². The van der Waals surface area contributed by atoms with E-state index < -0.39 is 0 Å². The van der Waals surface area contributed by atoms with Crippen molar-refractivity contribution in [2.45, 2.75) is 77.2 Å². The van der Waals surface area contributed by atoms with Gasteiger partial charge in [0.1, 0.15) is 5.49 Å². The average Bonchev–Trinajstić information content (AvgIpc) is 2.86. The number of rotatable bonds is 12. The largest absolute Gasteiger partial charge is 0.295 e. The summed E-state index contributed by atoms with van der Waals surface area (Å²) in [5.74, 6) is 0.357. The molecule has 0 aliphatic heterocycles. The summed E-state index contributed by atoms with van der Waals surface area (Å²) in [5, 5.41) is 15.9. The molecule has 7 nitrogen and oxygen atoms in total. The lowest BCUT2D eigenvalue weighted by atomic mass is 9.89. The minimum Gasteiger partial charge on any atom is -0.295 e. The van der Waals surface area contributed by atoms with Gasteiger partial charge in [-0.05, 0) is 48.9 Å². The maximum Gasteiger partial charge on any atom is 0.229 e. The highest BCUT2D eigenvalue weighted by Crippen LogP contribution is 2.30. The number of nitrogens with zero attached hydrogens (tertiary/aromatic N) is 4. The number of nitrogens with one attached hydrogen (secondary N) is 2. The molecule has 0 unspecified atom stereocenters. The molecule has 2 aromatic heterocycles. The van der Waals surface area contributed by atoms with Crippen LogP contribution in [-0.4, -0.2) is 25.7 Å². The van der Waals surface area contributed by atoms with Gasteiger partial charge in [0.05, 0.1) is 5.69 Å². The zero-order valence-corrected chi connectivity index (χ0v) is 19.8. The number of aryl methyl sites for hydroxylation is 3. The maximum absolute atomic E-state index is 11.9. The first kappa shape index (κ1) is 23.8. The minimum absolute atomic E-state index is 0.0169. The van der Waals surface area contributed by atoms with Crippen molar-refractivity contribution in [2.24, 2.45) is 0 Å². The van der Waals surface area contributed by atoms with Gasteiger partial charge in [0.15, 0.2) is 0 Å². The van der Waals surface area contributed by atoms with Crippen LogP contribution >= 0.6 is 0 Å². The minimum atomic E-state index is -0.0169. The van der Waals surface area contributed by atoms with Crippen LogP contribution in [0.25, 0.3) is 11.3 Å². The summed E-state index contributed by atoms with van der Waals surface area (Å²) in [4.78, 5) is 19.9. The Morgan fingerprint density at radius 2 is 1.56 bits per heavy atom. The van der Waals surface area contributed by atoms with E-state index in [2.05, 4.69) is 39.6 Å². The van der Waals surface area contributed by atoms with Gasteiger partial charge in [0.25, 0.3) is 0 Å². The molecule has 2 N–H and O–H groups in total. The quantitative estimate of drug-likeness (QED) is 0.370. The lowest BCUT2D eigenvalue weighted by Crippen LogP contribution is -2.25. The van der Waals surface area contributed by atoms with Crippen LogP contribution in [0.3, 0.4) is 0 Å². The van der Waals surface area contributed by atoms with Gasteiger partial charge in [-0.2, -0.15) is 5.10 Å². The molecule has 0 saturated carbocycles. The molecular formula is C27H34N6O. The Morgan fingerprint density at radius 1 is 0.882 bits per heavy atom. The SMILES string of the molecule is N=c1cc2c(nn1CCCCCCCCCCC(=O)Nc1ncccn1)-c1ccccc1CC2. The number of anilines is 1. The van der Waals surface area contributed by atoms with Gasteiger partial charge in [0.2, 0.25) is 11.9 Å². The third kappa shape index (κ3) is 6.59. The number of aromatic nitrogens is 4. The van der Waals surface area contributed by atoms with E-state index in [-0.39, 0.29) is 5.91 Å². The standard InChI is InChI=1S/C27H34N6O/c28-24-20-22-16-15-21-12-8-9-13-23(21)26(22)32-33(24)19-10-6-4-2-1-3-5-7-14-25(34)31-27-29-17-11-18-30-27/h8-9,11-13,17-18,20,28H,1-7,10,14-16,19H2,(H,29,30,31,34). The molecule has 1 aromatic carbocycles. The van der Waals surface area contributed by atoms with Crippen molar-refractivity contribution in [3.05, 3.63) is 65.4 Å². The van der Waals surface area contributed by atoms with Gasteiger partial charge in [0, 0.05) is 30.9 Å². The fourth-order valence-corrected chi connectivity index (χ4v) is 4.53. The predicted molar refractivity (Wildman–Crippen MR) is 133 cm³/mol. The molecule has 178 valence electrons. The summed E-state index contributed by atoms with van der Waals surface area (Å²) in [6.45, 7) is 0.800. The van der Waals surface area contributed by atoms with Crippen LogP contribution in [0, 0.1) is 5.41 Å². The van der Waals surface area contributed by atoms with Crippen LogP contribution in [0.5, 0.6) is 0 Å². The van der Waals surface area contributed by atoms with Crippen LogP contribution < -0.4 is 10.8 Å². The second-order valence-electron chi connectivity index (χ2n) is 8.98. The highest BCUT2D eigenvalue weighted by atomic mass is 16.1. The fraction of sp³-hybridized carbons (Fsp3) is 0.444. The van der Waals surface area contributed by atoms with Crippen LogP contribution in [0.1, 0.15) is 68.9 Å². The summed E-state index contributed by atoms with van der Waals surface area (Å²) in [5.41, 5.74) is 5.36. The molecule has 0 fully saturated rings. The van der Waals surface area contributed by atoms with E-state index in [0.29, 0.717) is 17.9 Å². The second-order valence-corrected chi connectivity index (χ2v) is 8.98. The molecule has 1 aliphatic rings. The molecule has 34 heavy (non-hydrogen) atoms. The second kappa shape index (κ2) is 12.2. The van der Waals surface area contributed by atoms with Crippen molar-refractivity contribution >= 4 is 11.9 Å². The van der Waals surface area contributed by atoms with Crippen LogP contribution in [0.4, 0.5) is 5.95 Å². The van der Waals surface area contributed by atoms with Crippen molar-refractivity contribution in [3.63, 3.8) is 0 Å². The number of unbranched alkanes of at least 4 members (excludes halogenated alkanes) is 7. The first-order valence-corrected chi connectivity index (χ1v) is 12.5. The summed E-state index contributed by atoms with van der Waals surface area (Å²) < 4.78 is 1.87. The number of amides is 1. The summed E-state index contributed by atoms with van der Waals surface area (Å²) in [6.07, 6.45) is 14.7. The predicted octanol–water partition coefficient (Wildman–Crippen LogP) is 5.07. The molecule has 0 saturated heterocycles. The molecule has 3 aromatic rings. The van der Waals surface area contributed by atoms with E-state index in [0.717, 1.165) is 57.2 Å². The zero-order valence-electron chi connectivity index (χ0n) is 19.8. The van der Waals surface area contributed by atoms with Gasteiger partial charge in [-0.15, -0.1) is 0 Å². The molecule has 4 rings (SSSR count). The molecule has 1 aliphatic carbocycles. The Labute approximate surface area is 201 Å². The normalized spacial score (nSPS) is 12.1. The van der Waals surface area contributed by atoms with Crippen LogP contribution in [0.15, 0.2) is 48.8 Å². The Morgan fingerprint density at radius 3 is 2.35 bits per heavy atom. The van der Waals surface area contributed by atoms with Crippen molar-refractivity contribution < 1.29 is 4.79 Å².